The van der Waals surface area contributed by atoms with Gasteiger partial charge in [-0.15, -0.1) is 0 Å². The number of hydrogen-bond acceptors (Lipinski definition) is 4. The molecule has 2 rings (SSSR count). The first-order valence-corrected chi connectivity index (χ1v) is 6.28. The molecule has 2 aromatic carbocycles. The van der Waals surface area contributed by atoms with Crippen molar-refractivity contribution in [1.82, 2.24) is 5.43 Å². The van der Waals surface area contributed by atoms with Gasteiger partial charge >= 0.3 is 0 Å². The highest BCUT2D eigenvalue weighted by atomic mass is 35.5. The van der Waals surface area contributed by atoms with E-state index in [-0.39, 0.29) is 11.3 Å². The van der Waals surface area contributed by atoms with E-state index in [9.17, 15) is 14.9 Å². The Morgan fingerprint density at radius 3 is 2.62 bits per heavy atom. The van der Waals surface area contributed by atoms with E-state index in [1.165, 1.54) is 24.4 Å². The topological polar surface area (TPSA) is 84.6 Å². The maximum Gasteiger partial charge on any atom is 0.278 e. The van der Waals surface area contributed by atoms with E-state index in [4.69, 9.17) is 11.6 Å². The molecule has 0 aliphatic heterocycles. The largest absolute Gasteiger partial charge is 0.278 e. The van der Waals surface area contributed by atoms with Crippen LogP contribution in [-0.2, 0) is 0 Å². The number of hydrazone groups is 1. The van der Waals surface area contributed by atoms with E-state index in [0.717, 1.165) is 0 Å². The SMILES string of the molecule is O=C(N/N=C\c1cc(Cl)ccc1[N+](=O)[O-])c1ccccc1. The summed E-state index contributed by atoms with van der Waals surface area (Å²) < 4.78 is 0. The lowest BCUT2D eigenvalue weighted by atomic mass is 10.2. The van der Waals surface area contributed by atoms with Crippen molar-refractivity contribution < 1.29 is 9.72 Å². The fraction of sp³-hybridized carbons (Fsp3) is 0. The zero-order valence-electron chi connectivity index (χ0n) is 10.7. The monoisotopic (exact) mass is 303 g/mol. The molecular formula is C14H10ClN3O3. The van der Waals surface area contributed by atoms with Crippen LogP contribution in [0.4, 0.5) is 5.69 Å². The van der Waals surface area contributed by atoms with Gasteiger partial charge in [-0.25, -0.2) is 5.43 Å². The van der Waals surface area contributed by atoms with Crippen molar-refractivity contribution in [1.29, 1.82) is 0 Å². The fourth-order valence-corrected chi connectivity index (χ4v) is 1.79. The molecule has 7 heteroatoms. The Morgan fingerprint density at radius 2 is 1.95 bits per heavy atom. The highest BCUT2D eigenvalue weighted by Crippen LogP contribution is 2.20. The minimum atomic E-state index is -0.545. The second kappa shape index (κ2) is 6.62. The predicted molar refractivity (Wildman–Crippen MR) is 79.6 cm³/mol. The van der Waals surface area contributed by atoms with Crippen LogP contribution in [0.5, 0.6) is 0 Å². The second-order valence-corrected chi connectivity index (χ2v) is 4.46. The lowest BCUT2D eigenvalue weighted by Crippen LogP contribution is -2.17. The van der Waals surface area contributed by atoms with Gasteiger partial charge in [0, 0.05) is 16.7 Å². The normalized spacial score (nSPS) is 10.5. The molecule has 0 spiro atoms. The number of amides is 1. The van der Waals surface area contributed by atoms with Crippen LogP contribution in [0.25, 0.3) is 0 Å². The van der Waals surface area contributed by atoms with Crippen LogP contribution in [-0.4, -0.2) is 17.0 Å². The van der Waals surface area contributed by atoms with Crippen LogP contribution in [0, 0.1) is 10.1 Å². The van der Waals surface area contributed by atoms with E-state index in [0.29, 0.717) is 10.6 Å². The summed E-state index contributed by atoms with van der Waals surface area (Å²) in [5.74, 6) is -0.406. The van der Waals surface area contributed by atoms with Gasteiger partial charge in [0.25, 0.3) is 11.6 Å². The molecule has 0 radical (unpaired) electrons. The quantitative estimate of drug-likeness (QED) is 0.535. The number of nitro groups is 1. The Balaban J connectivity index is 2.13. The zero-order chi connectivity index (χ0) is 15.2. The molecular weight excluding hydrogens is 294 g/mol. The molecule has 0 saturated carbocycles. The van der Waals surface area contributed by atoms with Crippen LogP contribution in [0.3, 0.4) is 0 Å². The van der Waals surface area contributed by atoms with Crippen LogP contribution < -0.4 is 5.43 Å². The molecule has 1 amide bonds. The zero-order valence-corrected chi connectivity index (χ0v) is 11.4. The summed E-state index contributed by atoms with van der Waals surface area (Å²) in [7, 11) is 0. The number of nitrogens with one attached hydrogen (secondary N) is 1. The van der Waals surface area contributed by atoms with E-state index in [1.807, 2.05) is 0 Å². The number of carbonyl (C=O) groups is 1. The minimum Gasteiger partial charge on any atom is -0.267 e. The number of hydrogen-bond donors (Lipinski definition) is 1. The van der Waals surface area contributed by atoms with Gasteiger partial charge < -0.3 is 0 Å². The van der Waals surface area contributed by atoms with E-state index < -0.39 is 10.8 Å². The van der Waals surface area contributed by atoms with Gasteiger partial charge in [0.15, 0.2) is 0 Å². The molecule has 0 aliphatic rings. The summed E-state index contributed by atoms with van der Waals surface area (Å²) in [6.07, 6.45) is 1.19. The lowest BCUT2D eigenvalue weighted by molar-refractivity contribution is -0.385. The van der Waals surface area contributed by atoms with Crippen molar-refractivity contribution >= 4 is 29.4 Å². The summed E-state index contributed by atoms with van der Waals surface area (Å²) in [5.41, 5.74) is 2.81. The Kier molecular flexibility index (Phi) is 4.63. The maximum atomic E-state index is 11.7. The molecule has 2 aromatic rings. The average molecular weight is 304 g/mol. The molecule has 0 aliphatic carbocycles. The fourth-order valence-electron chi connectivity index (χ4n) is 1.61. The number of nitrogens with zero attached hydrogens (tertiary/aromatic N) is 2. The summed E-state index contributed by atoms with van der Waals surface area (Å²) in [4.78, 5) is 22.1. The highest BCUT2D eigenvalue weighted by Gasteiger charge is 2.12. The number of rotatable bonds is 4. The number of benzene rings is 2. The number of carbonyl (C=O) groups excluding carboxylic acids is 1. The van der Waals surface area contributed by atoms with E-state index in [1.54, 1.807) is 30.3 Å². The standard InChI is InChI=1S/C14H10ClN3O3/c15-12-6-7-13(18(20)21)11(8-12)9-16-17-14(19)10-4-2-1-3-5-10/h1-9H,(H,17,19)/b16-9-. The Hall–Kier alpha value is -2.73. The first kappa shape index (κ1) is 14.7. The van der Waals surface area contributed by atoms with Gasteiger partial charge in [0.2, 0.25) is 0 Å². The molecule has 1 N–H and O–H groups in total. The molecule has 0 aromatic heterocycles. The van der Waals surface area contributed by atoms with E-state index in [2.05, 4.69) is 10.5 Å². The minimum absolute atomic E-state index is 0.142. The third-order valence-electron chi connectivity index (χ3n) is 2.59. The molecule has 0 bridgehead atoms. The lowest BCUT2D eigenvalue weighted by Gasteiger charge is -2.00. The molecule has 0 fully saturated rings. The summed E-state index contributed by atoms with van der Waals surface area (Å²) in [5, 5.41) is 14.9. The first-order valence-electron chi connectivity index (χ1n) is 5.90. The predicted octanol–water partition coefficient (Wildman–Crippen LogP) is 3.01. The van der Waals surface area contributed by atoms with Gasteiger partial charge in [-0.1, -0.05) is 29.8 Å². The number of halogens is 1. The second-order valence-electron chi connectivity index (χ2n) is 4.03. The molecule has 21 heavy (non-hydrogen) atoms. The van der Waals surface area contributed by atoms with Crippen LogP contribution in [0.15, 0.2) is 53.6 Å². The van der Waals surface area contributed by atoms with Crippen LogP contribution in [0.2, 0.25) is 5.02 Å². The average Bonchev–Trinajstić information content (AvgIpc) is 2.48. The molecule has 0 heterocycles. The van der Waals surface area contributed by atoms with Gasteiger partial charge in [-0.05, 0) is 24.3 Å². The van der Waals surface area contributed by atoms with Gasteiger partial charge in [-0.3, -0.25) is 14.9 Å². The summed E-state index contributed by atoms with van der Waals surface area (Å²) in [6.45, 7) is 0. The molecule has 0 saturated heterocycles. The van der Waals surface area contributed by atoms with Gasteiger partial charge in [0.1, 0.15) is 0 Å². The molecule has 106 valence electrons. The third kappa shape index (κ3) is 3.87. The summed E-state index contributed by atoms with van der Waals surface area (Å²) >= 11 is 5.79. The Labute approximate surface area is 125 Å². The maximum absolute atomic E-state index is 11.7. The molecule has 0 unspecified atom stereocenters. The van der Waals surface area contributed by atoms with Gasteiger partial charge in [-0.2, -0.15) is 5.10 Å². The first-order chi connectivity index (χ1) is 10.1. The van der Waals surface area contributed by atoms with Crippen LogP contribution in [0.1, 0.15) is 15.9 Å². The molecule has 0 atom stereocenters. The van der Waals surface area contributed by atoms with Crippen molar-refractivity contribution in [3.63, 3.8) is 0 Å². The van der Waals surface area contributed by atoms with Crippen molar-refractivity contribution in [2.24, 2.45) is 5.10 Å². The van der Waals surface area contributed by atoms with Crippen molar-refractivity contribution in [3.8, 4) is 0 Å². The third-order valence-corrected chi connectivity index (χ3v) is 2.83. The Morgan fingerprint density at radius 1 is 1.24 bits per heavy atom. The summed E-state index contributed by atoms with van der Waals surface area (Å²) in [6, 6.07) is 12.6. The highest BCUT2D eigenvalue weighted by molar-refractivity contribution is 6.31. The smallest absolute Gasteiger partial charge is 0.267 e. The van der Waals surface area contributed by atoms with Crippen LogP contribution >= 0.6 is 11.6 Å². The number of nitro benzene ring substituents is 1. The Bertz CT molecular complexity index is 702. The van der Waals surface area contributed by atoms with Crippen molar-refractivity contribution in [3.05, 3.63) is 74.8 Å². The van der Waals surface area contributed by atoms with E-state index >= 15 is 0 Å². The van der Waals surface area contributed by atoms with Gasteiger partial charge in [0.05, 0.1) is 16.7 Å². The van der Waals surface area contributed by atoms with Crippen molar-refractivity contribution in [2.45, 2.75) is 0 Å². The molecule has 6 nitrogen and oxygen atoms in total. The van der Waals surface area contributed by atoms with Crippen molar-refractivity contribution in [2.75, 3.05) is 0 Å².